The molecule has 5 aromatic rings. The lowest BCUT2D eigenvalue weighted by Crippen LogP contribution is -2.20. The van der Waals surface area contributed by atoms with Gasteiger partial charge < -0.3 is 13.9 Å². The van der Waals surface area contributed by atoms with E-state index < -0.39 is 5.97 Å². The number of esters is 1. The number of carbonyl (C=O) groups is 1. The van der Waals surface area contributed by atoms with Crippen LogP contribution in [0.15, 0.2) is 91.6 Å². The molecule has 0 bridgehead atoms. The fourth-order valence-electron chi connectivity index (χ4n) is 3.76. The van der Waals surface area contributed by atoms with Crippen LogP contribution in [0.4, 0.5) is 0 Å². The van der Waals surface area contributed by atoms with Gasteiger partial charge in [0, 0.05) is 9.86 Å². The van der Waals surface area contributed by atoms with Crippen LogP contribution >= 0.6 is 15.9 Å². The fourth-order valence-corrected chi connectivity index (χ4v) is 4.14. The summed E-state index contributed by atoms with van der Waals surface area (Å²) in [5.41, 5.74) is 1.54. The van der Waals surface area contributed by atoms with Crippen LogP contribution in [-0.2, 0) is 9.53 Å². The molecule has 0 atom stereocenters. The van der Waals surface area contributed by atoms with Crippen molar-refractivity contribution in [2.45, 2.75) is 20.0 Å². The number of aromatic nitrogens is 2. The second-order valence-corrected chi connectivity index (χ2v) is 9.42. The summed E-state index contributed by atoms with van der Waals surface area (Å²) >= 11 is 3.47. The molecule has 0 saturated heterocycles. The van der Waals surface area contributed by atoms with E-state index >= 15 is 0 Å². The van der Waals surface area contributed by atoms with Crippen LogP contribution in [0.1, 0.15) is 19.4 Å². The van der Waals surface area contributed by atoms with Gasteiger partial charge in [0.25, 0.3) is 5.56 Å². The Hall–Kier alpha value is -4.24. The first-order valence-corrected chi connectivity index (χ1v) is 12.3. The van der Waals surface area contributed by atoms with E-state index in [9.17, 15) is 9.59 Å². The number of nitrogens with zero attached hydrogens (tertiary/aromatic N) is 3. The summed E-state index contributed by atoms with van der Waals surface area (Å²) in [6.07, 6.45) is 1.31. The van der Waals surface area contributed by atoms with Crippen molar-refractivity contribution >= 4 is 50.0 Å². The zero-order chi connectivity index (χ0) is 25.9. The molecule has 5 rings (SSSR count). The molecule has 0 spiro atoms. The van der Waals surface area contributed by atoms with Crippen molar-refractivity contribution in [1.29, 1.82) is 0 Å². The lowest BCUT2D eigenvalue weighted by atomic mass is 10.2. The number of halogens is 1. The van der Waals surface area contributed by atoms with Gasteiger partial charge in [-0.2, -0.15) is 9.78 Å². The molecule has 0 radical (unpaired) electrons. The molecule has 3 aromatic carbocycles. The quantitative estimate of drug-likeness (QED) is 0.185. The number of fused-ring (bicyclic) bond motifs is 2. The zero-order valence-electron chi connectivity index (χ0n) is 20.1. The first kappa shape index (κ1) is 24.5. The van der Waals surface area contributed by atoms with Gasteiger partial charge >= 0.3 is 5.97 Å². The normalized spacial score (nSPS) is 11.6. The number of ether oxygens (including phenoxy) is 2. The molecule has 0 N–H and O–H groups in total. The number of hydrogen-bond acceptors (Lipinski definition) is 7. The van der Waals surface area contributed by atoms with Crippen LogP contribution < -0.4 is 10.3 Å². The van der Waals surface area contributed by atoms with Crippen LogP contribution in [0, 0.1) is 0 Å². The number of carbonyl (C=O) groups excluding carboxylic acids is 1. The summed E-state index contributed by atoms with van der Waals surface area (Å²) in [7, 11) is 0. The zero-order valence-corrected chi connectivity index (χ0v) is 21.6. The standard InChI is InChI=1S/C28H22BrN3O5/c1-17(2)36-26(33)16-35-21-7-5-6-18(12-21)15-30-32-27(31-23-9-4-3-8-22(23)28(32)34)25-14-19-13-20(29)10-11-24(19)37-25/h3-15,17H,16H2,1-2H3. The molecule has 0 amide bonds. The molecule has 0 aliphatic carbocycles. The Balaban J connectivity index is 1.52. The average molecular weight is 560 g/mol. The van der Waals surface area contributed by atoms with Crippen molar-refractivity contribution in [3.05, 3.63) is 93.2 Å². The molecule has 9 heteroatoms. The predicted molar refractivity (Wildman–Crippen MR) is 145 cm³/mol. The maximum Gasteiger partial charge on any atom is 0.344 e. The predicted octanol–water partition coefficient (Wildman–Crippen LogP) is 5.78. The second kappa shape index (κ2) is 10.4. The van der Waals surface area contributed by atoms with E-state index in [-0.39, 0.29) is 24.1 Å². The summed E-state index contributed by atoms with van der Waals surface area (Å²) in [5.74, 6) is 0.701. The number of para-hydroxylation sites is 1. The molecule has 0 aliphatic rings. The number of furan rings is 1. The molecule has 0 unspecified atom stereocenters. The minimum atomic E-state index is -0.453. The maximum absolute atomic E-state index is 13.4. The molecule has 8 nitrogen and oxygen atoms in total. The van der Waals surface area contributed by atoms with Crippen LogP contribution in [-0.4, -0.2) is 34.6 Å². The third kappa shape index (κ3) is 5.46. The number of benzene rings is 3. The van der Waals surface area contributed by atoms with E-state index in [1.807, 2.05) is 30.3 Å². The van der Waals surface area contributed by atoms with E-state index in [0.717, 1.165) is 9.86 Å². The molecule has 0 fully saturated rings. The van der Waals surface area contributed by atoms with Crippen molar-refractivity contribution in [2.24, 2.45) is 5.10 Å². The fraction of sp³-hybridized carbons (Fsp3) is 0.143. The first-order valence-electron chi connectivity index (χ1n) is 11.6. The summed E-state index contributed by atoms with van der Waals surface area (Å²) in [6, 6.07) is 21.6. The smallest absolute Gasteiger partial charge is 0.344 e. The van der Waals surface area contributed by atoms with Gasteiger partial charge in [-0.25, -0.2) is 9.78 Å². The minimum Gasteiger partial charge on any atom is -0.482 e. The lowest BCUT2D eigenvalue weighted by Gasteiger charge is -2.09. The Morgan fingerprint density at radius 2 is 1.95 bits per heavy atom. The second-order valence-electron chi connectivity index (χ2n) is 8.51. The van der Waals surface area contributed by atoms with Gasteiger partial charge in [-0.05, 0) is 67.9 Å². The molecule has 2 aromatic heterocycles. The third-order valence-electron chi connectivity index (χ3n) is 5.36. The molecule has 2 heterocycles. The van der Waals surface area contributed by atoms with Crippen LogP contribution in [0.5, 0.6) is 5.75 Å². The van der Waals surface area contributed by atoms with Gasteiger partial charge in [0.15, 0.2) is 12.4 Å². The highest BCUT2D eigenvalue weighted by atomic mass is 79.9. The van der Waals surface area contributed by atoms with E-state index in [2.05, 4.69) is 21.0 Å². The third-order valence-corrected chi connectivity index (χ3v) is 5.85. The van der Waals surface area contributed by atoms with Gasteiger partial charge in [0.05, 0.1) is 23.2 Å². The van der Waals surface area contributed by atoms with Gasteiger partial charge in [0.1, 0.15) is 11.3 Å². The largest absolute Gasteiger partial charge is 0.482 e. The highest BCUT2D eigenvalue weighted by Crippen LogP contribution is 2.29. The molecule has 0 aliphatic heterocycles. The summed E-state index contributed by atoms with van der Waals surface area (Å²) in [6.45, 7) is 3.34. The summed E-state index contributed by atoms with van der Waals surface area (Å²) in [4.78, 5) is 29.9. The van der Waals surface area contributed by atoms with Crippen LogP contribution in [0.2, 0.25) is 0 Å². The van der Waals surface area contributed by atoms with Crippen LogP contribution in [0.25, 0.3) is 33.5 Å². The SMILES string of the molecule is CC(C)OC(=O)COc1cccc(C=Nn2c(-c3cc4cc(Br)ccc4o3)nc3ccccc3c2=O)c1. The Morgan fingerprint density at radius 3 is 2.78 bits per heavy atom. The van der Waals surface area contributed by atoms with Gasteiger partial charge in [-0.1, -0.05) is 40.2 Å². The molecular formula is C28H22BrN3O5. The Morgan fingerprint density at radius 1 is 1.11 bits per heavy atom. The Kier molecular flexibility index (Phi) is 6.87. The summed E-state index contributed by atoms with van der Waals surface area (Å²) < 4.78 is 18.8. The lowest BCUT2D eigenvalue weighted by molar-refractivity contribution is -0.149. The van der Waals surface area contributed by atoms with Crippen molar-refractivity contribution in [1.82, 2.24) is 9.66 Å². The van der Waals surface area contributed by atoms with Gasteiger partial charge in [-0.3, -0.25) is 4.79 Å². The molecular weight excluding hydrogens is 538 g/mol. The molecule has 37 heavy (non-hydrogen) atoms. The van der Waals surface area contributed by atoms with Crippen molar-refractivity contribution in [3.63, 3.8) is 0 Å². The van der Waals surface area contributed by atoms with Gasteiger partial charge in [-0.15, -0.1) is 0 Å². The highest BCUT2D eigenvalue weighted by molar-refractivity contribution is 9.10. The highest BCUT2D eigenvalue weighted by Gasteiger charge is 2.16. The molecule has 186 valence electrons. The monoisotopic (exact) mass is 559 g/mol. The number of hydrogen-bond donors (Lipinski definition) is 0. The maximum atomic E-state index is 13.4. The van der Waals surface area contributed by atoms with E-state index in [1.165, 1.54) is 10.9 Å². The Bertz CT molecular complexity index is 1700. The number of rotatable bonds is 7. The summed E-state index contributed by atoms with van der Waals surface area (Å²) in [5, 5.41) is 5.76. The van der Waals surface area contributed by atoms with Crippen molar-refractivity contribution in [2.75, 3.05) is 6.61 Å². The molecule has 0 saturated carbocycles. The Labute approximate surface area is 220 Å². The van der Waals surface area contributed by atoms with Crippen LogP contribution in [0.3, 0.4) is 0 Å². The van der Waals surface area contributed by atoms with Crippen molar-refractivity contribution in [3.8, 4) is 17.3 Å². The average Bonchev–Trinajstić information content (AvgIpc) is 3.30. The van der Waals surface area contributed by atoms with Crippen molar-refractivity contribution < 1.29 is 18.7 Å². The topological polar surface area (TPSA) is 95.9 Å². The van der Waals surface area contributed by atoms with E-state index in [1.54, 1.807) is 56.3 Å². The van der Waals surface area contributed by atoms with E-state index in [4.69, 9.17) is 18.9 Å². The minimum absolute atomic E-state index is 0.209. The van der Waals surface area contributed by atoms with E-state index in [0.29, 0.717) is 33.6 Å². The first-order chi connectivity index (χ1) is 17.9. The van der Waals surface area contributed by atoms with Gasteiger partial charge in [0.2, 0.25) is 5.82 Å².